The Morgan fingerprint density at radius 2 is 2.17 bits per heavy atom. The first kappa shape index (κ1) is 12.5. The largest absolute Gasteiger partial charge is 0.396 e. The second-order valence-corrected chi connectivity index (χ2v) is 4.62. The van der Waals surface area contributed by atoms with Crippen LogP contribution in [0, 0.1) is 11.3 Å². The molecule has 3 N–H and O–H groups in total. The Hall–Kier alpha value is -1.97. The van der Waals surface area contributed by atoms with Crippen LogP contribution in [0.4, 0.5) is 5.69 Å². The van der Waals surface area contributed by atoms with E-state index in [1.807, 2.05) is 12.1 Å². The SMILES string of the molecule is N#C/C(SCCO)=C1\NC(=O)c2ccccc2N1. The molecule has 0 atom stereocenters. The minimum atomic E-state index is -0.239. The molecular formula is C12H11N3O2S. The molecule has 1 aliphatic rings. The van der Waals surface area contributed by atoms with Crippen molar-refractivity contribution in [2.24, 2.45) is 0 Å². The van der Waals surface area contributed by atoms with Crippen molar-refractivity contribution in [1.82, 2.24) is 5.32 Å². The third-order valence-corrected chi connectivity index (χ3v) is 3.31. The van der Waals surface area contributed by atoms with Crippen molar-refractivity contribution in [3.8, 4) is 6.07 Å². The lowest BCUT2D eigenvalue weighted by Gasteiger charge is -2.21. The van der Waals surface area contributed by atoms with E-state index in [0.717, 1.165) is 0 Å². The molecule has 1 amide bonds. The Morgan fingerprint density at radius 3 is 2.89 bits per heavy atom. The van der Waals surface area contributed by atoms with E-state index in [0.29, 0.717) is 27.7 Å². The zero-order chi connectivity index (χ0) is 13.0. The number of thioether (sulfide) groups is 1. The normalized spacial score (nSPS) is 16.1. The summed E-state index contributed by atoms with van der Waals surface area (Å²) in [4.78, 5) is 12.2. The fourth-order valence-electron chi connectivity index (χ4n) is 1.56. The molecule has 0 saturated heterocycles. The molecule has 0 aromatic heterocycles. The lowest BCUT2D eigenvalue weighted by atomic mass is 10.1. The number of para-hydroxylation sites is 1. The van der Waals surface area contributed by atoms with Crippen LogP contribution in [0.25, 0.3) is 0 Å². The molecule has 2 rings (SSSR count). The standard InChI is InChI=1S/C12H11N3O2S/c13-7-10(18-6-5-16)11-14-9-4-2-1-3-8(9)12(17)15-11/h1-4,14,16H,5-6H2,(H,15,17)/b11-10+. The number of nitrogens with zero attached hydrogens (tertiary/aromatic N) is 1. The predicted molar refractivity (Wildman–Crippen MR) is 69.7 cm³/mol. The highest BCUT2D eigenvalue weighted by molar-refractivity contribution is 8.03. The minimum Gasteiger partial charge on any atom is -0.396 e. The zero-order valence-corrected chi connectivity index (χ0v) is 10.3. The first-order valence-corrected chi connectivity index (χ1v) is 6.30. The van der Waals surface area contributed by atoms with Crippen LogP contribution in [-0.2, 0) is 0 Å². The first-order chi connectivity index (χ1) is 8.76. The number of amides is 1. The van der Waals surface area contributed by atoms with Crippen LogP contribution in [0.3, 0.4) is 0 Å². The number of aliphatic hydroxyl groups excluding tert-OH is 1. The highest BCUT2D eigenvalue weighted by Gasteiger charge is 2.21. The van der Waals surface area contributed by atoms with Gasteiger partial charge in [-0.3, -0.25) is 4.79 Å². The van der Waals surface area contributed by atoms with Gasteiger partial charge in [-0.15, -0.1) is 11.8 Å². The number of fused-ring (bicyclic) bond motifs is 1. The Labute approximate surface area is 108 Å². The van der Waals surface area contributed by atoms with Crippen LogP contribution in [-0.4, -0.2) is 23.4 Å². The molecule has 1 aliphatic heterocycles. The Kier molecular flexibility index (Phi) is 3.87. The van der Waals surface area contributed by atoms with Gasteiger partial charge in [-0.05, 0) is 12.1 Å². The molecule has 1 aromatic rings. The average Bonchev–Trinajstić information content (AvgIpc) is 2.40. The summed E-state index contributed by atoms with van der Waals surface area (Å²) in [5.41, 5.74) is 1.22. The van der Waals surface area contributed by atoms with Gasteiger partial charge in [0.05, 0.1) is 17.9 Å². The molecule has 0 spiro atoms. The van der Waals surface area contributed by atoms with Gasteiger partial charge >= 0.3 is 0 Å². The molecule has 0 aliphatic carbocycles. The van der Waals surface area contributed by atoms with Gasteiger partial charge in [-0.2, -0.15) is 5.26 Å². The summed E-state index contributed by atoms with van der Waals surface area (Å²) in [5, 5.41) is 23.4. The van der Waals surface area contributed by atoms with Gasteiger partial charge in [-0.1, -0.05) is 12.1 Å². The lowest BCUT2D eigenvalue weighted by Crippen LogP contribution is -2.33. The van der Waals surface area contributed by atoms with Crippen LogP contribution in [0.15, 0.2) is 35.0 Å². The highest BCUT2D eigenvalue weighted by Crippen LogP contribution is 2.25. The molecule has 92 valence electrons. The van der Waals surface area contributed by atoms with E-state index < -0.39 is 0 Å². The molecule has 1 heterocycles. The van der Waals surface area contributed by atoms with E-state index in [4.69, 9.17) is 10.4 Å². The van der Waals surface area contributed by atoms with Gasteiger partial charge in [0.1, 0.15) is 16.8 Å². The second-order valence-electron chi connectivity index (χ2n) is 3.51. The van der Waals surface area contributed by atoms with E-state index in [9.17, 15) is 4.79 Å². The van der Waals surface area contributed by atoms with Crippen molar-refractivity contribution in [3.05, 3.63) is 40.6 Å². The van der Waals surface area contributed by atoms with Gasteiger partial charge in [0, 0.05) is 5.75 Å². The number of nitriles is 1. The summed E-state index contributed by atoms with van der Waals surface area (Å²) in [6.45, 7) is -0.0202. The summed E-state index contributed by atoms with van der Waals surface area (Å²) < 4.78 is 0. The van der Waals surface area contributed by atoms with Crippen molar-refractivity contribution in [3.63, 3.8) is 0 Å². The molecule has 5 nitrogen and oxygen atoms in total. The van der Waals surface area contributed by atoms with Crippen molar-refractivity contribution in [1.29, 1.82) is 5.26 Å². The molecule has 18 heavy (non-hydrogen) atoms. The minimum absolute atomic E-state index is 0.0202. The predicted octanol–water partition coefficient (Wildman–Crippen LogP) is 1.26. The number of rotatable bonds is 3. The third kappa shape index (κ3) is 2.47. The van der Waals surface area contributed by atoms with Crippen molar-refractivity contribution in [2.45, 2.75) is 0 Å². The number of carbonyl (C=O) groups is 1. The van der Waals surface area contributed by atoms with E-state index in [-0.39, 0.29) is 12.5 Å². The maximum atomic E-state index is 11.8. The average molecular weight is 261 g/mol. The van der Waals surface area contributed by atoms with Crippen molar-refractivity contribution in [2.75, 3.05) is 17.7 Å². The lowest BCUT2D eigenvalue weighted by molar-refractivity contribution is 0.0964. The molecule has 6 heteroatoms. The van der Waals surface area contributed by atoms with Gasteiger partial charge in [0.2, 0.25) is 0 Å². The second kappa shape index (κ2) is 5.58. The van der Waals surface area contributed by atoms with Gasteiger partial charge in [-0.25, -0.2) is 0 Å². The van der Waals surface area contributed by atoms with Crippen LogP contribution >= 0.6 is 11.8 Å². The molecule has 0 unspecified atom stereocenters. The fourth-order valence-corrected chi connectivity index (χ4v) is 2.16. The van der Waals surface area contributed by atoms with Crippen molar-refractivity contribution >= 4 is 23.4 Å². The first-order valence-electron chi connectivity index (χ1n) is 5.31. The van der Waals surface area contributed by atoms with Crippen molar-refractivity contribution < 1.29 is 9.90 Å². The van der Waals surface area contributed by atoms with Crippen LogP contribution in [0.2, 0.25) is 0 Å². The quantitative estimate of drug-likeness (QED) is 0.713. The summed E-state index contributed by atoms with van der Waals surface area (Å²) in [7, 11) is 0. The van der Waals surface area contributed by atoms with E-state index in [1.54, 1.807) is 18.2 Å². The summed E-state index contributed by atoms with van der Waals surface area (Å²) in [6.07, 6.45) is 0. The van der Waals surface area contributed by atoms with Crippen LogP contribution in [0.1, 0.15) is 10.4 Å². The maximum absolute atomic E-state index is 11.8. The van der Waals surface area contributed by atoms with Crippen LogP contribution < -0.4 is 10.6 Å². The topological polar surface area (TPSA) is 85.2 Å². The van der Waals surface area contributed by atoms with Gasteiger partial charge < -0.3 is 15.7 Å². The molecule has 0 radical (unpaired) electrons. The number of nitrogens with one attached hydrogen (secondary N) is 2. The molecule has 1 aromatic carbocycles. The maximum Gasteiger partial charge on any atom is 0.258 e. The summed E-state index contributed by atoms with van der Waals surface area (Å²) in [5.74, 6) is 0.544. The number of aliphatic hydroxyl groups is 1. The van der Waals surface area contributed by atoms with E-state index in [2.05, 4.69) is 10.6 Å². The zero-order valence-electron chi connectivity index (χ0n) is 9.43. The smallest absolute Gasteiger partial charge is 0.258 e. The number of hydrogen-bond acceptors (Lipinski definition) is 5. The third-order valence-electron chi connectivity index (χ3n) is 2.34. The molecule has 0 bridgehead atoms. The molecule has 0 fully saturated rings. The summed E-state index contributed by atoms with van der Waals surface area (Å²) in [6, 6.07) is 9.09. The van der Waals surface area contributed by atoms with E-state index >= 15 is 0 Å². The van der Waals surface area contributed by atoms with Crippen LogP contribution in [0.5, 0.6) is 0 Å². The Morgan fingerprint density at radius 1 is 1.39 bits per heavy atom. The molecule has 0 saturated carbocycles. The molecular weight excluding hydrogens is 250 g/mol. The highest BCUT2D eigenvalue weighted by atomic mass is 32.2. The number of allylic oxidation sites excluding steroid dienone is 1. The van der Waals surface area contributed by atoms with Gasteiger partial charge in [0.15, 0.2) is 0 Å². The monoisotopic (exact) mass is 261 g/mol. The number of hydrogen-bond donors (Lipinski definition) is 3. The Bertz CT molecular complexity index is 548. The number of anilines is 1. The number of benzene rings is 1. The number of carbonyl (C=O) groups excluding carboxylic acids is 1. The van der Waals surface area contributed by atoms with Gasteiger partial charge in [0.25, 0.3) is 5.91 Å². The Balaban J connectivity index is 2.32. The van der Waals surface area contributed by atoms with E-state index in [1.165, 1.54) is 11.8 Å². The fraction of sp³-hybridized carbons (Fsp3) is 0.167. The summed E-state index contributed by atoms with van der Waals surface area (Å²) >= 11 is 1.20.